The predicted octanol–water partition coefficient (Wildman–Crippen LogP) is 3.72. The van der Waals surface area contributed by atoms with Crippen molar-refractivity contribution in [1.82, 2.24) is 20.0 Å². The van der Waals surface area contributed by atoms with E-state index in [9.17, 15) is 0 Å². The quantitative estimate of drug-likeness (QED) is 0.605. The molecule has 0 saturated carbocycles. The second kappa shape index (κ2) is 4.59. The molecule has 2 aromatic carbocycles. The van der Waals surface area contributed by atoms with E-state index in [0.29, 0.717) is 0 Å². The number of aryl methyl sites for hydroxylation is 1. The molecule has 4 nitrogen and oxygen atoms in total. The Morgan fingerprint density at radius 2 is 1.86 bits per heavy atom. The van der Waals surface area contributed by atoms with E-state index in [0.717, 1.165) is 22.2 Å². The van der Waals surface area contributed by atoms with Crippen LogP contribution in [0.1, 0.15) is 5.56 Å². The number of H-pyrrole nitrogens is 1. The molecule has 4 heteroatoms. The summed E-state index contributed by atoms with van der Waals surface area (Å²) >= 11 is 0. The molecule has 0 unspecified atom stereocenters. The lowest BCUT2D eigenvalue weighted by molar-refractivity contribution is 0.880. The Hall–Kier alpha value is -2.88. The fourth-order valence-corrected chi connectivity index (χ4v) is 2.57. The highest BCUT2D eigenvalue weighted by molar-refractivity contribution is 5.94. The molecule has 0 aliphatic carbocycles. The lowest BCUT2D eigenvalue weighted by Crippen LogP contribution is -1.93. The third-order valence-corrected chi connectivity index (χ3v) is 3.64. The van der Waals surface area contributed by atoms with E-state index in [1.54, 1.807) is 0 Å². The molecule has 0 radical (unpaired) electrons. The molecule has 0 amide bonds. The minimum absolute atomic E-state index is 1.05. The molecule has 4 rings (SSSR count). The summed E-state index contributed by atoms with van der Waals surface area (Å²) in [5, 5.41) is 12.6. The molecule has 2 aromatic heterocycles. The lowest BCUT2D eigenvalue weighted by Gasteiger charge is -2.06. The van der Waals surface area contributed by atoms with Gasteiger partial charge in [0.2, 0.25) is 0 Å². The minimum Gasteiger partial charge on any atom is -0.278 e. The Morgan fingerprint density at radius 1 is 1.00 bits per heavy atom. The summed E-state index contributed by atoms with van der Waals surface area (Å²) in [5.74, 6) is 0. The Kier molecular flexibility index (Phi) is 2.60. The van der Waals surface area contributed by atoms with Crippen molar-refractivity contribution in [2.75, 3.05) is 0 Å². The van der Waals surface area contributed by atoms with Crippen molar-refractivity contribution >= 4 is 10.9 Å². The van der Waals surface area contributed by atoms with Gasteiger partial charge in [-0.2, -0.15) is 10.2 Å². The Morgan fingerprint density at radius 3 is 2.62 bits per heavy atom. The summed E-state index contributed by atoms with van der Waals surface area (Å²) in [4.78, 5) is 0. The Balaban J connectivity index is 1.78. The van der Waals surface area contributed by atoms with Gasteiger partial charge in [0.15, 0.2) is 0 Å². The summed E-state index contributed by atoms with van der Waals surface area (Å²) in [7, 11) is 0. The van der Waals surface area contributed by atoms with Gasteiger partial charge in [-0.25, -0.2) is 4.68 Å². The number of hydrogen-bond donors (Lipinski definition) is 1. The van der Waals surface area contributed by atoms with Crippen LogP contribution in [0.3, 0.4) is 0 Å². The van der Waals surface area contributed by atoms with E-state index < -0.39 is 0 Å². The molecule has 21 heavy (non-hydrogen) atoms. The molecule has 0 saturated heterocycles. The first-order valence-electron chi connectivity index (χ1n) is 6.85. The van der Waals surface area contributed by atoms with Crippen LogP contribution in [-0.4, -0.2) is 20.0 Å². The Bertz CT molecular complexity index is 900. The van der Waals surface area contributed by atoms with Gasteiger partial charge in [-0.3, -0.25) is 5.10 Å². The molecule has 0 fully saturated rings. The zero-order valence-corrected chi connectivity index (χ0v) is 11.6. The van der Waals surface area contributed by atoms with E-state index in [2.05, 4.69) is 45.6 Å². The van der Waals surface area contributed by atoms with Crippen molar-refractivity contribution in [3.8, 4) is 16.8 Å². The van der Waals surface area contributed by atoms with Crippen LogP contribution in [0.25, 0.3) is 27.7 Å². The average molecular weight is 274 g/mol. The van der Waals surface area contributed by atoms with Crippen molar-refractivity contribution in [3.63, 3.8) is 0 Å². The summed E-state index contributed by atoms with van der Waals surface area (Å²) in [5.41, 5.74) is 5.63. The molecule has 102 valence electrons. The number of aromatic nitrogens is 4. The first-order valence-corrected chi connectivity index (χ1v) is 6.85. The van der Waals surface area contributed by atoms with Gasteiger partial charge in [-0.15, -0.1) is 0 Å². The largest absolute Gasteiger partial charge is 0.278 e. The fraction of sp³-hybridized carbons (Fsp3) is 0.0588. The summed E-state index contributed by atoms with van der Waals surface area (Å²) in [6.07, 6.45) is 5.75. The van der Waals surface area contributed by atoms with Crippen molar-refractivity contribution in [3.05, 3.63) is 66.6 Å². The maximum Gasteiger partial charge on any atom is 0.0656 e. The summed E-state index contributed by atoms with van der Waals surface area (Å²) in [6.45, 7) is 2.04. The van der Waals surface area contributed by atoms with Gasteiger partial charge in [-0.05, 0) is 41.8 Å². The molecular weight excluding hydrogens is 260 g/mol. The number of rotatable bonds is 2. The van der Waals surface area contributed by atoms with Crippen LogP contribution in [0.4, 0.5) is 0 Å². The van der Waals surface area contributed by atoms with Crippen LogP contribution < -0.4 is 0 Å². The van der Waals surface area contributed by atoms with E-state index >= 15 is 0 Å². The minimum atomic E-state index is 1.05. The molecule has 0 spiro atoms. The molecular formula is C17H14N4. The highest BCUT2D eigenvalue weighted by Gasteiger charge is 2.05. The van der Waals surface area contributed by atoms with Gasteiger partial charge in [0, 0.05) is 11.6 Å². The average Bonchev–Trinajstić information content (AvgIpc) is 3.15. The molecule has 2 heterocycles. The normalized spacial score (nSPS) is 11.1. The molecule has 0 aliphatic rings. The van der Waals surface area contributed by atoms with E-state index in [1.807, 2.05) is 42.3 Å². The standard InChI is InChI=1S/C17H14N4/c1-12-9-19-21(11-12)14-7-5-13(6-8-14)15-3-2-4-17-16(15)10-18-20-17/h2-11H,1H3,(H,18,20). The third kappa shape index (κ3) is 2.01. The number of fused-ring (bicyclic) bond motifs is 1. The van der Waals surface area contributed by atoms with Crippen LogP contribution in [0.5, 0.6) is 0 Å². The second-order valence-corrected chi connectivity index (χ2v) is 5.15. The predicted molar refractivity (Wildman–Crippen MR) is 83.4 cm³/mol. The lowest BCUT2D eigenvalue weighted by atomic mass is 10.0. The summed E-state index contributed by atoms with van der Waals surface area (Å²) < 4.78 is 1.89. The molecule has 0 bridgehead atoms. The van der Waals surface area contributed by atoms with Gasteiger partial charge in [0.05, 0.1) is 23.6 Å². The molecule has 0 atom stereocenters. The maximum absolute atomic E-state index is 4.33. The first-order chi connectivity index (χ1) is 10.3. The van der Waals surface area contributed by atoms with Gasteiger partial charge < -0.3 is 0 Å². The molecule has 0 aliphatic heterocycles. The van der Waals surface area contributed by atoms with E-state index in [1.165, 1.54) is 11.1 Å². The smallest absolute Gasteiger partial charge is 0.0656 e. The zero-order valence-electron chi connectivity index (χ0n) is 11.6. The van der Waals surface area contributed by atoms with Crippen molar-refractivity contribution in [2.24, 2.45) is 0 Å². The highest BCUT2D eigenvalue weighted by Crippen LogP contribution is 2.28. The van der Waals surface area contributed by atoms with Crippen molar-refractivity contribution in [2.45, 2.75) is 6.92 Å². The van der Waals surface area contributed by atoms with Gasteiger partial charge in [0.25, 0.3) is 0 Å². The van der Waals surface area contributed by atoms with Crippen LogP contribution in [0.15, 0.2) is 61.1 Å². The number of nitrogens with zero attached hydrogens (tertiary/aromatic N) is 3. The van der Waals surface area contributed by atoms with E-state index in [4.69, 9.17) is 0 Å². The second-order valence-electron chi connectivity index (χ2n) is 5.15. The van der Waals surface area contributed by atoms with Crippen LogP contribution in [-0.2, 0) is 0 Å². The highest BCUT2D eigenvalue weighted by atomic mass is 15.3. The van der Waals surface area contributed by atoms with Crippen molar-refractivity contribution in [1.29, 1.82) is 0 Å². The van der Waals surface area contributed by atoms with Gasteiger partial charge in [-0.1, -0.05) is 24.3 Å². The fourth-order valence-electron chi connectivity index (χ4n) is 2.57. The van der Waals surface area contributed by atoms with Gasteiger partial charge in [0.1, 0.15) is 0 Å². The van der Waals surface area contributed by atoms with Crippen LogP contribution in [0, 0.1) is 6.92 Å². The summed E-state index contributed by atoms with van der Waals surface area (Å²) in [6, 6.07) is 14.6. The van der Waals surface area contributed by atoms with Crippen LogP contribution in [0.2, 0.25) is 0 Å². The maximum atomic E-state index is 4.33. The van der Waals surface area contributed by atoms with Crippen molar-refractivity contribution < 1.29 is 0 Å². The van der Waals surface area contributed by atoms with Crippen LogP contribution >= 0.6 is 0 Å². The SMILES string of the molecule is Cc1cnn(-c2ccc(-c3cccc4[nH]ncc34)cc2)c1. The molecule has 4 aromatic rings. The topological polar surface area (TPSA) is 46.5 Å². The zero-order chi connectivity index (χ0) is 14.2. The number of aromatic amines is 1. The number of hydrogen-bond acceptors (Lipinski definition) is 2. The first kappa shape index (κ1) is 11.9. The number of benzene rings is 2. The third-order valence-electron chi connectivity index (χ3n) is 3.64. The Labute approximate surface area is 122 Å². The monoisotopic (exact) mass is 274 g/mol. The molecule has 1 N–H and O–H groups in total. The van der Waals surface area contributed by atoms with Gasteiger partial charge >= 0.3 is 0 Å². The van der Waals surface area contributed by atoms with E-state index in [-0.39, 0.29) is 0 Å². The number of nitrogens with one attached hydrogen (secondary N) is 1.